The second-order valence-electron chi connectivity index (χ2n) is 28.4. The lowest BCUT2D eigenvalue weighted by Gasteiger charge is -2.42. The van der Waals surface area contributed by atoms with Crippen molar-refractivity contribution in [2.75, 3.05) is 0 Å². The Kier molecular flexibility index (Phi) is 10.8. The number of para-hydroxylation sites is 2. The van der Waals surface area contributed by atoms with Gasteiger partial charge in [-0.1, -0.05) is 178 Å². The normalized spacial score (nSPS) is 15.6. The van der Waals surface area contributed by atoms with Crippen molar-refractivity contribution in [1.29, 1.82) is 0 Å². The first-order valence-corrected chi connectivity index (χ1v) is 31.5. The minimum atomic E-state index is -2.65. The third-order valence-electron chi connectivity index (χ3n) is 19.5. The van der Waals surface area contributed by atoms with Crippen LogP contribution < -0.4 is 9.30 Å². The minimum Gasteiger partial charge on any atom is -0.458 e. The zero-order valence-electron chi connectivity index (χ0n) is 58.6. The predicted octanol–water partition coefficient (Wildman–Crippen LogP) is 22.1. The Morgan fingerprint density at radius 1 is 0.511 bits per heavy atom. The Hall–Kier alpha value is -9.78. The van der Waals surface area contributed by atoms with Gasteiger partial charge in [-0.2, -0.15) is 0 Å². The molecule has 1 aliphatic carbocycles. The maximum absolute atomic E-state index is 9.01. The summed E-state index contributed by atoms with van der Waals surface area (Å²) in [5.41, 5.74) is 19.0. The van der Waals surface area contributed by atoms with Gasteiger partial charge in [0.2, 0.25) is 0 Å². The van der Waals surface area contributed by atoms with E-state index in [2.05, 4.69) is 241 Å². The Labute approximate surface area is 536 Å². The molecule has 442 valence electrons. The van der Waals surface area contributed by atoms with Crippen LogP contribution in [0.25, 0.3) is 128 Å². The van der Waals surface area contributed by atoms with Gasteiger partial charge in [-0.25, -0.2) is 4.98 Å². The monoisotopic (exact) mass is 1180 g/mol. The molecule has 0 radical (unpaired) electrons. The Morgan fingerprint density at radius 3 is 1.91 bits per heavy atom. The molecule has 4 aromatic heterocycles. The van der Waals surface area contributed by atoms with E-state index in [4.69, 9.17) is 22.4 Å². The molecule has 0 fully saturated rings. The lowest BCUT2D eigenvalue weighted by molar-refractivity contribution is -0.572. The van der Waals surface area contributed by atoms with Crippen LogP contribution in [0.3, 0.4) is 0 Å². The van der Waals surface area contributed by atoms with Crippen molar-refractivity contribution in [2.24, 2.45) is 0 Å². The molecule has 0 unspecified atom stereocenters. The average Bonchev–Trinajstić information content (AvgIpc) is 0.770. The SMILES string of the molecule is [2H]C([2H])([2H])c1cccc(C([2H])([2H])[2H])c1-c1cc2c(c(C(C)(C)C)c1)-[n+]1[c-]n(-c3cccc(Oc4ccc5c6ccccc6n(-c6cc(C(C)(C)C)ccn6)c5c4)c3)c3cc(-c4ccc5oc6ccccc6c5c4)cc(c31)-c1ccccc1-c1cc3c(cc1-2)C(C)(C)CCC3(C)C. The fraction of sp³-hybridized carbons (Fsp3) is 0.214. The van der Waals surface area contributed by atoms with Crippen LogP contribution >= 0.6 is 0 Å². The van der Waals surface area contributed by atoms with Crippen LogP contribution in [-0.4, -0.2) is 14.1 Å². The first kappa shape index (κ1) is 49.1. The zero-order chi connectivity index (χ0) is 66.9. The summed E-state index contributed by atoms with van der Waals surface area (Å²) in [6.07, 6.45) is 7.95. The number of imidazole rings is 1. The van der Waals surface area contributed by atoms with E-state index in [1.807, 2.05) is 36.5 Å². The van der Waals surface area contributed by atoms with Crippen LogP contribution in [0.1, 0.15) is 124 Å². The summed E-state index contributed by atoms with van der Waals surface area (Å²) in [5, 5.41) is 4.26. The summed E-state index contributed by atoms with van der Waals surface area (Å²) in [6.45, 7) is 17.3. The largest absolute Gasteiger partial charge is 0.458 e. The third kappa shape index (κ3) is 8.80. The first-order chi connectivity index (χ1) is 45.6. The standard InChI is InChI=1S/C84H74N4O2/c1-50-21-19-22-51(2)78(50)54-41-68-65-48-70-69(83(9,10)36-37-84(70,11)12)47-64(65)59-25-13-14-26-60(59)67-40-53(52-31-34-76-66(39-52)63-28-16-18-30-75(63)90-76)43-74-80(67)87(79(68)71(42-54)82(6,7)8)49-86(74)56-23-20-24-57(45-56)89-58-32-33-62-61-27-15-17-29-72(61)88(73(62)46-58)77-44-55(35-38-85-77)81(3,4)5/h13-35,38-48H,36-37H2,1-12H3/i1D3,2D3. The summed E-state index contributed by atoms with van der Waals surface area (Å²) in [7, 11) is 0. The number of aromatic nitrogens is 4. The van der Waals surface area contributed by atoms with E-state index in [0.29, 0.717) is 17.1 Å². The highest BCUT2D eigenvalue weighted by molar-refractivity contribution is 6.10. The van der Waals surface area contributed by atoms with E-state index < -0.39 is 19.1 Å². The number of nitrogens with zero attached hydrogens (tertiary/aromatic N) is 4. The van der Waals surface area contributed by atoms with Crippen LogP contribution in [0.5, 0.6) is 11.5 Å². The van der Waals surface area contributed by atoms with Gasteiger partial charge in [0.05, 0.1) is 33.4 Å². The number of rotatable bonds is 6. The number of hydrogen-bond donors (Lipinski definition) is 0. The number of benzene rings is 10. The number of ether oxygens (including phenoxy) is 1. The summed E-state index contributed by atoms with van der Waals surface area (Å²) in [4.78, 5) is 4.96. The van der Waals surface area contributed by atoms with E-state index >= 15 is 0 Å². The molecular formula is C84H74N4O2. The van der Waals surface area contributed by atoms with Gasteiger partial charge >= 0.3 is 0 Å². The first-order valence-electron chi connectivity index (χ1n) is 34.5. The molecule has 6 nitrogen and oxygen atoms in total. The van der Waals surface area contributed by atoms with Gasteiger partial charge in [0.25, 0.3) is 6.33 Å². The van der Waals surface area contributed by atoms with Gasteiger partial charge in [-0.05, 0) is 222 Å². The molecule has 0 atom stereocenters. The molecule has 90 heavy (non-hydrogen) atoms. The number of furan rings is 1. The van der Waals surface area contributed by atoms with Crippen molar-refractivity contribution in [3.63, 3.8) is 0 Å². The van der Waals surface area contributed by atoms with Gasteiger partial charge in [0.1, 0.15) is 28.5 Å². The van der Waals surface area contributed by atoms with Crippen molar-refractivity contribution in [3.8, 4) is 84.3 Å². The smallest absolute Gasteiger partial charge is 0.269 e. The van der Waals surface area contributed by atoms with E-state index in [9.17, 15) is 0 Å². The third-order valence-corrected chi connectivity index (χ3v) is 19.5. The topological polar surface area (TPSA) is 49.0 Å². The molecule has 0 spiro atoms. The van der Waals surface area contributed by atoms with Crippen LogP contribution in [0.15, 0.2) is 211 Å². The predicted molar refractivity (Wildman–Crippen MR) is 372 cm³/mol. The Balaban J connectivity index is 1.000. The number of hydrogen-bond acceptors (Lipinski definition) is 3. The van der Waals surface area contributed by atoms with Crippen molar-refractivity contribution < 1.29 is 21.9 Å². The summed E-state index contributed by atoms with van der Waals surface area (Å²) in [5.74, 6) is 2.11. The molecule has 0 saturated heterocycles. The summed E-state index contributed by atoms with van der Waals surface area (Å²) >= 11 is 0. The Morgan fingerprint density at radius 2 is 1.17 bits per heavy atom. The molecule has 0 bridgehead atoms. The van der Waals surface area contributed by atoms with Crippen molar-refractivity contribution >= 4 is 54.8 Å². The van der Waals surface area contributed by atoms with E-state index in [1.54, 1.807) is 18.2 Å². The second-order valence-corrected chi connectivity index (χ2v) is 28.4. The van der Waals surface area contributed by atoms with Crippen LogP contribution in [0, 0.1) is 20.0 Å². The summed E-state index contributed by atoms with van der Waals surface area (Å²) in [6, 6.07) is 68.9. The molecule has 0 amide bonds. The highest BCUT2D eigenvalue weighted by atomic mass is 16.5. The molecule has 2 aliphatic rings. The van der Waals surface area contributed by atoms with Gasteiger partial charge in [-0.3, -0.25) is 13.7 Å². The molecule has 0 saturated carbocycles. The van der Waals surface area contributed by atoms with Crippen molar-refractivity contribution in [2.45, 2.75) is 117 Å². The summed E-state index contributed by atoms with van der Waals surface area (Å²) < 4.78 is 74.2. The maximum Gasteiger partial charge on any atom is 0.269 e. The van der Waals surface area contributed by atoms with E-state index in [1.165, 1.54) is 16.7 Å². The number of aryl methyl sites for hydroxylation is 2. The van der Waals surface area contributed by atoms with E-state index in [-0.39, 0.29) is 32.9 Å². The lowest BCUT2D eigenvalue weighted by Crippen LogP contribution is -2.35. The molecule has 16 rings (SSSR count). The quantitative estimate of drug-likeness (QED) is 0.123. The second kappa shape index (κ2) is 19.9. The fourth-order valence-corrected chi connectivity index (χ4v) is 14.6. The highest BCUT2D eigenvalue weighted by Crippen LogP contribution is 2.54. The molecule has 0 N–H and O–H groups in total. The molecule has 5 heterocycles. The van der Waals surface area contributed by atoms with Crippen LogP contribution in [0.2, 0.25) is 0 Å². The van der Waals surface area contributed by atoms with E-state index in [0.717, 1.165) is 135 Å². The highest BCUT2D eigenvalue weighted by Gasteiger charge is 2.40. The fourth-order valence-electron chi connectivity index (χ4n) is 14.6. The molecule has 6 heteroatoms. The van der Waals surface area contributed by atoms with Crippen molar-refractivity contribution in [3.05, 3.63) is 246 Å². The van der Waals surface area contributed by atoms with Gasteiger partial charge < -0.3 is 9.15 Å². The molecule has 1 aliphatic heterocycles. The number of fused-ring (bicyclic) bond motifs is 14. The van der Waals surface area contributed by atoms with Crippen LogP contribution in [0.4, 0.5) is 0 Å². The Bertz CT molecular complexity index is 5550. The van der Waals surface area contributed by atoms with Gasteiger partial charge in [0, 0.05) is 42.0 Å². The minimum absolute atomic E-state index is 0.0163. The maximum atomic E-state index is 9.01. The molecule has 10 aromatic carbocycles. The number of pyridine rings is 1. The van der Waals surface area contributed by atoms with Crippen molar-refractivity contribution in [1.82, 2.24) is 14.1 Å². The molecule has 14 aromatic rings. The molecular weight excluding hydrogens is 1100 g/mol. The van der Waals surface area contributed by atoms with Gasteiger partial charge in [0.15, 0.2) is 0 Å². The average molecular weight is 1180 g/mol. The zero-order valence-corrected chi connectivity index (χ0v) is 52.6. The van der Waals surface area contributed by atoms with Crippen LogP contribution in [-0.2, 0) is 21.7 Å². The van der Waals surface area contributed by atoms with Gasteiger partial charge in [-0.15, -0.1) is 0 Å². The lowest BCUT2D eigenvalue weighted by atomic mass is 9.62.